The molecule has 0 aromatic heterocycles. The summed E-state index contributed by atoms with van der Waals surface area (Å²) >= 11 is 5.86. The van der Waals surface area contributed by atoms with Crippen LogP contribution in [0.1, 0.15) is 5.56 Å². The quantitative estimate of drug-likeness (QED) is 0.639. The minimum atomic E-state index is -0.510. The van der Waals surface area contributed by atoms with Gasteiger partial charge in [-0.3, -0.25) is 4.79 Å². The molecule has 0 unspecified atom stereocenters. The molecule has 1 rings (SSSR count). The van der Waals surface area contributed by atoms with Gasteiger partial charge in [0.1, 0.15) is 6.26 Å². The van der Waals surface area contributed by atoms with Crippen molar-refractivity contribution in [2.24, 2.45) is 0 Å². The van der Waals surface area contributed by atoms with Gasteiger partial charge in [0.15, 0.2) is 0 Å². The molecule has 0 atom stereocenters. The third-order valence-electron chi connectivity index (χ3n) is 1.74. The maximum Gasteiger partial charge on any atom is 0.251 e. The van der Waals surface area contributed by atoms with Crippen molar-refractivity contribution in [1.29, 1.82) is 0 Å². The van der Waals surface area contributed by atoms with E-state index in [1.165, 1.54) is 0 Å². The molecule has 0 fully saturated rings. The molecule has 0 aliphatic carbocycles. The molecule has 0 saturated carbocycles. The van der Waals surface area contributed by atoms with E-state index < -0.39 is 5.91 Å². The summed E-state index contributed by atoms with van der Waals surface area (Å²) in [5.41, 5.74) is 1.33. The molecule has 80 valence electrons. The van der Waals surface area contributed by atoms with E-state index in [1.807, 2.05) is 0 Å². The van der Waals surface area contributed by atoms with Crippen LogP contribution in [-0.4, -0.2) is 5.91 Å². The standard InChI is InChI=1S/C10H9ClFNO2/c1-7-3-2-4-8(11)10(7)13-9(14)5-6-15-12/h2-6H,1H3,(H,13,14)/b6-5+. The Balaban J connectivity index is 2.80. The summed E-state index contributed by atoms with van der Waals surface area (Å²) < 4.78 is 11.3. The van der Waals surface area contributed by atoms with Crippen LogP contribution in [0.4, 0.5) is 10.2 Å². The van der Waals surface area contributed by atoms with Crippen molar-refractivity contribution in [3.63, 3.8) is 0 Å². The average Bonchev–Trinajstić information content (AvgIpc) is 2.21. The number of anilines is 1. The Morgan fingerprint density at radius 3 is 2.93 bits per heavy atom. The molecular formula is C10H9ClFNO2. The van der Waals surface area contributed by atoms with Crippen molar-refractivity contribution in [3.8, 4) is 0 Å². The predicted octanol–water partition coefficient (Wildman–Crippen LogP) is 3.00. The van der Waals surface area contributed by atoms with Crippen LogP contribution in [0.3, 0.4) is 0 Å². The van der Waals surface area contributed by atoms with Gasteiger partial charge in [0, 0.05) is 10.6 Å². The summed E-state index contributed by atoms with van der Waals surface area (Å²) in [4.78, 5) is 14.3. The Hall–Kier alpha value is -1.55. The molecule has 0 spiro atoms. The van der Waals surface area contributed by atoms with E-state index in [1.54, 1.807) is 25.1 Å². The molecule has 1 aromatic rings. The molecule has 0 radical (unpaired) electrons. The maximum absolute atomic E-state index is 11.3. The molecule has 0 heterocycles. The number of halogens is 2. The van der Waals surface area contributed by atoms with Gasteiger partial charge in [0.2, 0.25) is 0 Å². The highest BCUT2D eigenvalue weighted by atomic mass is 35.5. The van der Waals surface area contributed by atoms with E-state index in [9.17, 15) is 9.32 Å². The van der Waals surface area contributed by atoms with Crippen molar-refractivity contribution < 1.29 is 14.3 Å². The van der Waals surface area contributed by atoms with Gasteiger partial charge in [-0.1, -0.05) is 23.7 Å². The number of benzene rings is 1. The Morgan fingerprint density at radius 2 is 2.33 bits per heavy atom. The number of rotatable bonds is 3. The zero-order valence-corrected chi connectivity index (χ0v) is 8.72. The fourth-order valence-corrected chi connectivity index (χ4v) is 1.31. The first-order valence-electron chi connectivity index (χ1n) is 4.15. The van der Waals surface area contributed by atoms with E-state index in [0.717, 1.165) is 11.6 Å². The molecule has 15 heavy (non-hydrogen) atoms. The summed E-state index contributed by atoms with van der Waals surface area (Å²) in [7, 11) is 0. The molecule has 0 aliphatic heterocycles. The average molecular weight is 230 g/mol. The van der Waals surface area contributed by atoms with Crippen molar-refractivity contribution in [2.45, 2.75) is 6.92 Å². The molecule has 0 saturated heterocycles. The third-order valence-corrected chi connectivity index (χ3v) is 2.06. The minimum Gasteiger partial charge on any atom is -0.321 e. The van der Waals surface area contributed by atoms with Gasteiger partial charge < -0.3 is 10.3 Å². The van der Waals surface area contributed by atoms with Gasteiger partial charge in [-0.05, 0) is 18.6 Å². The number of hydrogen-bond acceptors (Lipinski definition) is 2. The fourth-order valence-electron chi connectivity index (χ4n) is 1.04. The molecule has 3 nitrogen and oxygen atoms in total. The lowest BCUT2D eigenvalue weighted by atomic mass is 10.2. The van der Waals surface area contributed by atoms with E-state index in [-0.39, 0.29) is 0 Å². The van der Waals surface area contributed by atoms with E-state index >= 15 is 0 Å². The molecule has 1 amide bonds. The third kappa shape index (κ3) is 3.25. The monoisotopic (exact) mass is 229 g/mol. The molecule has 1 aromatic carbocycles. The van der Waals surface area contributed by atoms with Crippen LogP contribution in [0.5, 0.6) is 0 Å². The van der Waals surface area contributed by atoms with Gasteiger partial charge >= 0.3 is 0 Å². The number of para-hydroxylation sites is 1. The lowest BCUT2D eigenvalue weighted by Gasteiger charge is -2.07. The molecular weight excluding hydrogens is 221 g/mol. The highest BCUT2D eigenvalue weighted by molar-refractivity contribution is 6.34. The molecule has 1 N–H and O–H groups in total. The van der Waals surface area contributed by atoms with Crippen LogP contribution < -0.4 is 5.32 Å². The van der Waals surface area contributed by atoms with Crippen molar-refractivity contribution in [3.05, 3.63) is 41.1 Å². The van der Waals surface area contributed by atoms with Crippen molar-refractivity contribution >= 4 is 23.2 Å². The first-order valence-corrected chi connectivity index (χ1v) is 4.53. The van der Waals surface area contributed by atoms with E-state index in [2.05, 4.69) is 10.3 Å². The Labute approximate surface area is 91.4 Å². The Morgan fingerprint density at radius 1 is 1.60 bits per heavy atom. The predicted molar refractivity (Wildman–Crippen MR) is 56.2 cm³/mol. The van der Waals surface area contributed by atoms with Crippen molar-refractivity contribution in [1.82, 2.24) is 0 Å². The normalized spacial score (nSPS) is 10.3. The van der Waals surface area contributed by atoms with Crippen LogP contribution in [0, 0.1) is 6.92 Å². The number of hydrogen-bond donors (Lipinski definition) is 1. The van der Waals surface area contributed by atoms with Gasteiger partial charge in [-0.15, -0.1) is 0 Å². The summed E-state index contributed by atoms with van der Waals surface area (Å²) in [5, 5.41) is 2.94. The van der Waals surface area contributed by atoms with Gasteiger partial charge in [0.25, 0.3) is 5.91 Å². The lowest BCUT2D eigenvalue weighted by Crippen LogP contribution is -2.09. The van der Waals surface area contributed by atoms with Crippen molar-refractivity contribution in [2.75, 3.05) is 5.32 Å². The topological polar surface area (TPSA) is 38.3 Å². The summed E-state index contributed by atoms with van der Waals surface area (Å²) in [6.45, 7) is 1.80. The highest BCUT2D eigenvalue weighted by Gasteiger charge is 2.05. The summed E-state index contributed by atoms with van der Waals surface area (Å²) in [5.74, 6) is -0.510. The molecule has 0 bridgehead atoms. The first kappa shape index (κ1) is 11.5. The Bertz CT molecular complexity index is 373. The number of carbonyl (C=O) groups excluding carboxylic acids is 1. The molecule has 5 heteroatoms. The lowest BCUT2D eigenvalue weighted by molar-refractivity contribution is -0.112. The second-order valence-electron chi connectivity index (χ2n) is 2.81. The van der Waals surface area contributed by atoms with E-state index in [4.69, 9.17) is 11.6 Å². The van der Waals surface area contributed by atoms with Crippen LogP contribution in [0.25, 0.3) is 0 Å². The SMILES string of the molecule is Cc1cccc(Cl)c1NC(=O)/C=C/OF. The van der Waals surface area contributed by atoms with E-state index in [0.29, 0.717) is 17.0 Å². The second kappa shape index (κ2) is 5.36. The first-order chi connectivity index (χ1) is 7.15. The van der Waals surface area contributed by atoms with Gasteiger partial charge in [0.05, 0.1) is 10.7 Å². The maximum atomic E-state index is 11.3. The fraction of sp³-hybridized carbons (Fsp3) is 0.100. The largest absolute Gasteiger partial charge is 0.321 e. The summed E-state index contributed by atoms with van der Waals surface area (Å²) in [6, 6.07) is 5.23. The summed E-state index contributed by atoms with van der Waals surface area (Å²) in [6.07, 6.45) is 1.56. The second-order valence-corrected chi connectivity index (χ2v) is 3.22. The van der Waals surface area contributed by atoms with Crippen LogP contribution in [0.2, 0.25) is 5.02 Å². The number of nitrogens with one attached hydrogen (secondary N) is 1. The van der Waals surface area contributed by atoms with Gasteiger partial charge in [-0.25, -0.2) is 0 Å². The smallest absolute Gasteiger partial charge is 0.251 e. The number of aryl methyl sites for hydroxylation is 1. The van der Waals surface area contributed by atoms with Crippen LogP contribution >= 0.6 is 11.6 Å². The zero-order valence-electron chi connectivity index (χ0n) is 7.96. The molecule has 0 aliphatic rings. The van der Waals surface area contributed by atoms with Crippen LogP contribution in [0.15, 0.2) is 30.5 Å². The number of amides is 1. The minimum absolute atomic E-state index is 0.429. The van der Waals surface area contributed by atoms with Gasteiger partial charge in [-0.2, -0.15) is 0 Å². The number of carbonyl (C=O) groups is 1. The zero-order chi connectivity index (χ0) is 11.3. The van der Waals surface area contributed by atoms with Crippen LogP contribution in [-0.2, 0) is 9.74 Å². The Kier molecular flexibility index (Phi) is 4.12. The highest BCUT2D eigenvalue weighted by Crippen LogP contribution is 2.24.